The SMILES string of the molecule is CC(C)(Oc1cccc([C@@H]2CCCN(C(=O)Cc3ccc(C(C)(C)C)cc3)C2)c1)C(=O)O. The Bertz CT molecular complexity index is 956. The minimum Gasteiger partial charge on any atom is -0.478 e. The number of ether oxygens (including phenoxy) is 1. The Morgan fingerprint density at radius 2 is 1.75 bits per heavy atom. The Morgan fingerprint density at radius 3 is 2.38 bits per heavy atom. The summed E-state index contributed by atoms with van der Waals surface area (Å²) in [4.78, 5) is 26.3. The normalized spacial score (nSPS) is 17.2. The third-order valence-corrected chi connectivity index (χ3v) is 6.17. The van der Waals surface area contributed by atoms with Gasteiger partial charge in [-0.3, -0.25) is 4.79 Å². The highest BCUT2D eigenvalue weighted by atomic mass is 16.5. The first-order valence-electron chi connectivity index (χ1n) is 11.4. The summed E-state index contributed by atoms with van der Waals surface area (Å²) in [6.45, 7) is 11.1. The zero-order valence-electron chi connectivity index (χ0n) is 19.9. The van der Waals surface area contributed by atoms with Gasteiger partial charge in [-0.1, -0.05) is 57.2 Å². The van der Waals surface area contributed by atoms with Gasteiger partial charge < -0.3 is 14.7 Å². The molecule has 0 bridgehead atoms. The first kappa shape index (κ1) is 23.8. The van der Waals surface area contributed by atoms with Crippen molar-refractivity contribution >= 4 is 11.9 Å². The number of likely N-dealkylation sites (tertiary alicyclic amines) is 1. The van der Waals surface area contributed by atoms with E-state index < -0.39 is 11.6 Å². The average molecular weight is 438 g/mol. The first-order valence-corrected chi connectivity index (χ1v) is 11.4. The number of amides is 1. The molecule has 2 aromatic rings. The number of hydrogen-bond donors (Lipinski definition) is 1. The number of nitrogens with zero attached hydrogens (tertiary/aromatic N) is 1. The number of piperidine rings is 1. The van der Waals surface area contributed by atoms with Crippen molar-refractivity contribution in [2.24, 2.45) is 0 Å². The second kappa shape index (κ2) is 9.35. The number of aliphatic carboxylic acids is 1. The molecule has 32 heavy (non-hydrogen) atoms. The third-order valence-electron chi connectivity index (χ3n) is 6.17. The molecule has 1 amide bonds. The first-order chi connectivity index (χ1) is 15.0. The van der Waals surface area contributed by atoms with Crippen molar-refractivity contribution in [1.29, 1.82) is 0 Å². The van der Waals surface area contributed by atoms with Gasteiger partial charge in [-0.2, -0.15) is 0 Å². The van der Waals surface area contributed by atoms with Crippen LogP contribution in [0.2, 0.25) is 0 Å². The highest BCUT2D eigenvalue weighted by Crippen LogP contribution is 2.31. The lowest BCUT2D eigenvalue weighted by molar-refractivity contribution is -0.152. The number of carboxylic acid groups (broad SMARTS) is 1. The maximum atomic E-state index is 13.0. The highest BCUT2D eigenvalue weighted by Gasteiger charge is 2.30. The summed E-state index contributed by atoms with van der Waals surface area (Å²) in [7, 11) is 0. The van der Waals surface area contributed by atoms with E-state index in [1.807, 2.05) is 23.1 Å². The summed E-state index contributed by atoms with van der Waals surface area (Å²) in [5.74, 6) is -0.102. The molecular weight excluding hydrogens is 402 g/mol. The van der Waals surface area contributed by atoms with Crippen molar-refractivity contribution in [2.45, 2.75) is 70.8 Å². The van der Waals surface area contributed by atoms with Crippen molar-refractivity contribution in [1.82, 2.24) is 4.90 Å². The summed E-state index contributed by atoms with van der Waals surface area (Å²) in [6.07, 6.45) is 2.36. The molecule has 1 fully saturated rings. The van der Waals surface area contributed by atoms with E-state index in [9.17, 15) is 14.7 Å². The molecule has 1 heterocycles. The van der Waals surface area contributed by atoms with E-state index in [4.69, 9.17) is 4.74 Å². The maximum absolute atomic E-state index is 13.0. The summed E-state index contributed by atoms with van der Waals surface area (Å²) in [6, 6.07) is 16.0. The van der Waals surface area contributed by atoms with Crippen molar-refractivity contribution in [3.63, 3.8) is 0 Å². The lowest BCUT2D eigenvalue weighted by atomic mass is 9.86. The molecule has 1 aliphatic heterocycles. The molecule has 0 radical (unpaired) electrons. The lowest BCUT2D eigenvalue weighted by Gasteiger charge is -2.33. The van der Waals surface area contributed by atoms with Crippen LogP contribution in [0.4, 0.5) is 0 Å². The Kier molecular flexibility index (Phi) is 6.97. The van der Waals surface area contributed by atoms with Crippen molar-refractivity contribution in [3.8, 4) is 5.75 Å². The van der Waals surface area contributed by atoms with Crippen LogP contribution in [-0.2, 0) is 21.4 Å². The number of carbonyl (C=O) groups is 2. The zero-order chi connectivity index (χ0) is 23.5. The van der Waals surface area contributed by atoms with Crippen LogP contribution in [0.3, 0.4) is 0 Å². The lowest BCUT2D eigenvalue weighted by Crippen LogP contribution is -2.40. The molecule has 0 aromatic heterocycles. The standard InChI is InChI=1S/C27H35NO4/c1-26(2,3)22-13-11-19(12-14-22)16-24(29)28-15-7-9-21(18-28)20-8-6-10-23(17-20)32-27(4,5)25(30)31/h6,8,10-14,17,21H,7,9,15-16,18H2,1-5H3,(H,30,31)/t21-/m1/s1. The van der Waals surface area contributed by atoms with E-state index in [2.05, 4.69) is 45.0 Å². The molecule has 1 N–H and O–H groups in total. The fourth-order valence-electron chi connectivity index (χ4n) is 4.06. The van der Waals surface area contributed by atoms with Crippen molar-refractivity contribution in [2.75, 3.05) is 13.1 Å². The predicted octanol–water partition coefficient (Wildman–Crippen LogP) is 5.17. The van der Waals surface area contributed by atoms with Gasteiger partial charge in [0.2, 0.25) is 5.91 Å². The molecule has 5 heteroatoms. The summed E-state index contributed by atoms with van der Waals surface area (Å²) in [5, 5.41) is 9.32. The highest BCUT2D eigenvalue weighted by molar-refractivity contribution is 5.79. The van der Waals surface area contributed by atoms with Crippen LogP contribution in [0.15, 0.2) is 48.5 Å². The van der Waals surface area contributed by atoms with Gasteiger partial charge in [-0.05, 0) is 60.9 Å². The molecule has 0 spiro atoms. The maximum Gasteiger partial charge on any atom is 0.347 e. The van der Waals surface area contributed by atoms with Crippen LogP contribution in [0.1, 0.15) is 70.1 Å². The molecule has 0 aliphatic carbocycles. The van der Waals surface area contributed by atoms with E-state index in [-0.39, 0.29) is 17.2 Å². The minimum absolute atomic E-state index is 0.0978. The number of carboxylic acids is 1. The van der Waals surface area contributed by atoms with Gasteiger partial charge in [0, 0.05) is 19.0 Å². The number of benzene rings is 2. The van der Waals surface area contributed by atoms with Gasteiger partial charge in [0.15, 0.2) is 5.60 Å². The van der Waals surface area contributed by atoms with Crippen LogP contribution in [0, 0.1) is 0 Å². The van der Waals surface area contributed by atoms with Crippen LogP contribution in [0.25, 0.3) is 0 Å². The van der Waals surface area contributed by atoms with Gasteiger partial charge in [0.05, 0.1) is 6.42 Å². The van der Waals surface area contributed by atoms with Crippen LogP contribution >= 0.6 is 0 Å². The van der Waals surface area contributed by atoms with Gasteiger partial charge in [0.1, 0.15) is 5.75 Å². The monoisotopic (exact) mass is 437 g/mol. The fraction of sp³-hybridized carbons (Fsp3) is 0.481. The van der Waals surface area contributed by atoms with E-state index in [0.717, 1.165) is 30.5 Å². The smallest absolute Gasteiger partial charge is 0.347 e. The Labute approximate surface area is 191 Å². The Balaban J connectivity index is 1.65. The summed E-state index contributed by atoms with van der Waals surface area (Å²) < 4.78 is 5.70. The van der Waals surface area contributed by atoms with Gasteiger partial charge in [-0.25, -0.2) is 4.79 Å². The summed E-state index contributed by atoms with van der Waals surface area (Å²) >= 11 is 0. The number of carbonyl (C=O) groups excluding carboxylic acids is 1. The van der Waals surface area contributed by atoms with Crippen LogP contribution < -0.4 is 4.74 Å². The van der Waals surface area contributed by atoms with Crippen molar-refractivity contribution in [3.05, 3.63) is 65.2 Å². The van der Waals surface area contributed by atoms with Crippen LogP contribution in [-0.4, -0.2) is 40.6 Å². The van der Waals surface area contributed by atoms with E-state index in [0.29, 0.717) is 18.7 Å². The molecule has 0 unspecified atom stereocenters. The topological polar surface area (TPSA) is 66.8 Å². The molecule has 0 saturated carbocycles. The van der Waals surface area contributed by atoms with Gasteiger partial charge in [0.25, 0.3) is 0 Å². The molecule has 5 nitrogen and oxygen atoms in total. The average Bonchev–Trinajstić information content (AvgIpc) is 2.73. The van der Waals surface area contributed by atoms with E-state index in [1.165, 1.54) is 19.4 Å². The second-order valence-electron chi connectivity index (χ2n) is 10.3. The van der Waals surface area contributed by atoms with Gasteiger partial charge in [-0.15, -0.1) is 0 Å². The molecule has 3 rings (SSSR count). The third kappa shape index (κ3) is 5.90. The van der Waals surface area contributed by atoms with E-state index >= 15 is 0 Å². The molecule has 1 saturated heterocycles. The number of rotatable bonds is 6. The predicted molar refractivity (Wildman–Crippen MR) is 126 cm³/mol. The zero-order valence-corrected chi connectivity index (χ0v) is 19.9. The molecule has 1 aliphatic rings. The second-order valence-corrected chi connectivity index (χ2v) is 10.3. The molecule has 172 valence electrons. The van der Waals surface area contributed by atoms with Gasteiger partial charge >= 0.3 is 5.97 Å². The van der Waals surface area contributed by atoms with E-state index in [1.54, 1.807) is 6.07 Å². The molecule has 1 atom stereocenters. The van der Waals surface area contributed by atoms with Crippen LogP contribution in [0.5, 0.6) is 5.75 Å². The fourth-order valence-corrected chi connectivity index (χ4v) is 4.06. The molecule has 2 aromatic carbocycles. The number of hydrogen-bond acceptors (Lipinski definition) is 3. The molecular formula is C27H35NO4. The largest absolute Gasteiger partial charge is 0.478 e. The van der Waals surface area contributed by atoms with Crippen molar-refractivity contribution < 1.29 is 19.4 Å². The quantitative estimate of drug-likeness (QED) is 0.677. The summed E-state index contributed by atoms with van der Waals surface area (Å²) in [5.41, 5.74) is 2.18. The minimum atomic E-state index is -1.30. The Hall–Kier alpha value is -2.82. The Morgan fingerprint density at radius 1 is 1.06 bits per heavy atom.